The largest absolute Gasteiger partial charge is 0.270 e. The van der Waals surface area contributed by atoms with Crippen LogP contribution in [0.25, 0.3) is 22.3 Å². The monoisotopic (exact) mass is 512 g/mol. The highest BCUT2D eigenvalue weighted by atomic mass is 32.2. The SMILES string of the molecule is CC(C)c1ccc(-c2cc([N+](=O)[O-])ccc2Sc2ccc([N+](=O)[O-])cc2-c2ccc(C(C)C)cc2)cc1. The van der Waals surface area contributed by atoms with E-state index in [9.17, 15) is 20.2 Å². The second kappa shape index (κ2) is 11.0. The number of nitro groups is 2. The second-order valence-corrected chi connectivity index (χ2v) is 10.6. The molecule has 0 aromatic heterocycles. The van der Waals surface area contributed by atoms with Gasteiger partial charge in [0, 0.05) is 45.2 Å². The molecule has 0 radical (unpaired) electrons. The van der Waals surface area contributed by atoms with Gasteiger partial charge < -0.3 is 0 Å². The van der Waals surface area contributed by atoms with Crippen molar-refractivity contribution in [1.29, 1.82) is 0 Å². The minimum absolute atomic E-state index is 0.0143. The Balaban J connectivity index is 1.82. The van der Waals surface area contributed by atoms with E-state index in [1.165, 1.54) is 35.0 Å². The predicted octanol–water partition coefficient (Wildman–Crippen LogP) is 9.23. The highest BCUT2D eigenvalue weighted by molar-refractivity contribution is 7.99. The summed E-state index contributed by atoms with van der Waals surface area (Å²) in [7, 11) is 0. The first-order valence-electron chi connectivity index (χ1n) is 12.1. The van der Waals surface area contributed by atoms with E-state index >= 15 is 0 Å². The molecule has 0 saturated heterocycles. The molecular weight excluding hydrogens is 484 g/mol. The van der Waals surface area contributed by atoms with E-state index in [1.807, 2.05) is 48.5 Å². The molecular formula is C30H28N2O4S. The van der Waals surface area contributed by atoms with E-state index < -0.39 is 9.85 Å². The van der Waals surface area contributed by atoms with Crippen LogP contribution in [0.15, 0.2) is 94.7 Å². The number of nitro benzene ring substituents is 2. The average molecular weight is 513 g/mol. The third-order valence-corrected chi connectivity index (χ3v) is 7.50. The summed E-state index contributed by atoms with van der Waals surface area (Å²) in [6.07, 6.45) is 0. The van der Waals surface area contributed by atoms with Gasteiger partial charge in [-0.2, -0.15) is 0 Å². The highest BCUT2D eigenvalue weighted by Gasteiger charge is 2.18. The molecule has 0 spiro atoms. The standard InChI is InChI=1S/C30H28N2O4S/c1-19(2)21-5-9-23(10-6-21)27-17-25(31(33)34)13-15-29(27)37-30-16-14-26(32(35)36)18-28(30)24-11-7-22(8-12-24)20(3)4/h5-20H,1-4H3. The summed E-state index contributed by atoms with van der Waals surface area (Å²) in [5, 5.41) is 23.1. The molecule has 0 amide bonds. The third-order valence-electron chi connectivity index (χ3n) is 6.34. The summed E-state index contributed by atoms with van der Waals surface area (Å²) >= 11 is 1.45. The number of rotatable bonds is 8. The van der Waals surface area contributed by atoms with Crippen molar-refractivity contribution >= 4 is 23.1 Å². The lowest BCUT2D eigenvalue weighted by molar-refractivity contribution is -0.385. The van der Waals surface area contributed by atoms with Gasteiger partial charge in [0.25, 0.3) is 11.4 Å². The van der Waals surface area contributed by atoms with Crippen LogP contribution >= 0.6 is 11.8 Å². The molecule has 0 aliphatic heterocycles. The van der Waals surface area contributed by atoms with E-state index in [1.54, 1.807) is 24.3 Å². The van der Waals surface area contributed by atoms with Crippen molar-refractivity contribution in [3.8, 4) is 22.3 Å². The number of hydrogen-bond donors (Lipinski definition) is 0. The molecule has 0 atom stereocenters. The quantitative estimate of drug-likeness (QED) is 0.173. The lowest BCUT2D eigenvalue weighted by Crippen LogP contribution is -1.93. The molecule has 7 heteroatoms. The Morgan fingerprint density at radius 3 is 1.22 bits per heavy atom. The van der Waals surface area contributed by atoms with Gasteiger partial charge in [-0.1, -0.05) is 88.0 Å². The molecule has 0 unspecified atom stereocenters. The van der Waals surface area contributed by atoms with Crippen LogP contribution in [0.1, 0.15) is 50.7 Å². The Bertz CT molecular complexity index is 1330. The van der Waals surface area contributed by atoms with Crippen molar-refractivity contribution in [1.82, 2.24) is 0 Å². The molecule has 4 aromatic rings. The first kappa shape index (κ1) is 26.1. The molecule has 6 nitrogen and oxygen atoms in total. The lowest BCUT2D eigenvalue weighted by atomic mass is 9.98. The summed E-state index contributed by atoms with van der Waals surface area (Å²) in [6, 6.07) is 25.8. The zero-order chi connectivity index (χ0) is 26.7. The van der Waals surface area contributed by atoms with Crippen LogP contribution in [-0.4, -0.2) is 9.85 Å². The van der Waals surface area contributed by atoms with Crippen LogP contribution in [-0.2, 0) is 0 Å². The third kappa shape index (κ3) is 5.89. The van der Waals surface area contributed by atoms with Crippen molar-refractivity contribution in [2.45, 2.75) is 49.3 Å². The molecule has 0 bridgehead atoms. The Hall–Kier alpha value is -3.97. The fraction of sp³-hybridized carbons (Fsp3) is 0.200. The van der Waals surface area contributed by atoms with Crippen LogP contribution in [0.5, 0.6) is 0 Å². The van der Waals surface area contributed by atoms with Gasteiger partial charge in [-0.15, -0.1) is 0 Å². The zero-order valence-electron chi connectivity index (χ0n) is 21.2. The maximum absolute atomic E-state index is 11.5. The topological polar surface area (TPSA) is 86.3 Å². The van der Waals surface area contributed by atoms with Gasteiger partial charge in [-0.3, -0.25) is 20.2 Å². The molecule has 0 heterocycles. The van der Waals surface area contributed by atoms with Crippen molar-refractivity contribution in [3.05, 3.63) is 116 Å². The summed E-state index contributed by atoms with van der Waals surface area (Å²) in [6.45, 7) is 8.47. The van der Waals surface area contributed by atoms with Gasteiger partial charge in [-0.25, -0.2) is 0 Å². The van der Waals surface area contributed by atoms with Crippen molar-refractivity contribution in [2.24, 2.45) is 0 Å². The number of nitrogens with zero attached hydrogens (tertiary/aromatic N) is 2. The number of hydrogen-bond acceptors (Lipinski definition) is 5. The summed E-state index contributed by atoms with van der Waals surface area (Å²) in [5.41, 5.74) is 5.64. The summed E-state index contributed by atoms with van der Waals surface area (Å²) in [4.78, 5) is 24.0. The van der Waals surface area contributed by atoms with E-state index in [0.717, 1.165) is 32.0 Å². The van der Waals surface area contributed by atoms with Crippen LogP contribution in [0, 0.1) is 20.2 Å². The van der Waals surface area contributed by atoms with Crippen LogP contribution in [0.2, 0.25) is 0 Å². The second-order valence-electron chi connectivity index (χ2n) is 9.53. The molecule has 0 saturated carbocycles. The van der Waals surface area contributed by atoms with Gasteiger partial charge in [0.05, 0.1) is 9.85 Å². The zero-order valence-corrected chi connectivity index (χ0v) is 22.0. The maximum atomic E-state index is 11.5. The number of benzene rings is 4. The van der Waals surface area contributed by atoms with Gasteiger partial charge in [0.15, 0.2) is 0 Å². The van der Waals surface area contributed by atoms with E-state index in [4.69, 9.17) is 0 Å². The van der Waals surface area contributed by atoms with E-state index in [2.05, 4.69) is 27.7 Å². The molecule has 37 heavy (non-hydrogen) atoms. The van der Waals surface area contributed by atoms with Crippen molar-refractivity contribution in [3.63, 3.8) is 0 Å². The maximum Gasteiger partial charge on any atom is 0.270 e. The predicted molar refractivity (Wildman–Crippen MR) is 149 cm³/mol. The molecule has 4 rings (SSSR count). The highest BCUT2D eigenvalue weighted by Crippen LogP contribution is 2.43. The van der Waals surface area contributed by atoms with Crippen molar-refractivity contribution < 1.29 is 9.85 Å². The molecule has 188 valence electrons. The average Bonchev–Trinajstić information content (AvgIpc) is 2.89. The Kier molecular flexibility index (Phi) is 7.74. The summed E-state index contributed by atoms with van der Waals surface area (Å²) in [5.74, 6) is 0.746. The molecule has 0 N–H and O–H groups in total. The van der Waals surface area contributed by atoms with Crippen LogP contribution in [0.4, 0.5) is 11.4 Å². The fourth-order valence-electron chi connectivity index (χ4n) is 4.11. The van der Waals surface area contributed by atoms with Gasteiger partial charge >= 0.3 is 0 Å². The van der Waals surface area contributed by atoms with Gasteiger partial charge in [0.2, 0.25) is 0 Å². The molecule has 0 aliphatic carbocycles. The minimum Gasteiger partial charge on any atom is -0.258 e. The van der Waals surface area contributed by atoms with Gasteiger partial charge in [-0.05, 0) is 46.2 Å². The first-order chi connectivity index (χ1) is 17.6. The molecule has 0 fully saturated rings. The Morgan fingerprint density at radius 1 is 0.568 bits per heavy atom. The normalized spacial score (nSPS) is 11.2. The summed E-state index contributed by atoms with van der Waals surface area (Å²) < 4.78 is 0. The van der Waals surface area contributed by atoms with Crippen molar-refractivity contribution in [2.75, 3.05) is 0 Å². The Labute approximate surface area is 220 Å². The van der Waals surface area contributed by atoms with E-state index in [-0.39, 0.29) is 11.4 Å². The van der Waals surface area contributed by atoms with E-state index in [0.29, 0.717) is 11.8 Å². The first-order valence-corrected chi connectivity index (χ1v) is 12.9. The Morgan fingerprint density at radius 2 is 0.919 bits per heavy atom. The minimum atomic E-state index is -0.395. The number of non-ortho nitro benzene ring substituents is 2. The fourth-order valence-corrected chi connectivity index (χ4v) is 5.19. The van der Waals surface area contributed by atoms with Crippen LogP contribution < -0.4 is 0 Å². The molecule has 4 aromatic carbocycles. The smallest absolute Gasteiger partial charge is 0.258 e. The molecule has 0 aliphatic rings. The van der Waals surface area contributed by atoms with Gasteiger partial charge in [0.1, 0.15) is 0 Å². The van der Waals surface area contributed by atoms with Crippen LogP contribution in [0.3, 0.4) is 0 Å². The lowest BCUT2D eigenvalue weighted by Gasteiger charge is -2.14.